The van der Waals surface area contributed by atoms with Crippen molar-refractivity contribution in [1.82, 2.24) is 9.38 Å². The van der Waals surface area contributed by atoms with Gasteiger partial charge in [-0.2, -0.15) is 0 Å². The molecule has 3 rings (SSSR count). The molecule has 0 atom stereocenters. The summed E-state index contributed by atoms with van der Waals surface area (Å²) in [5.41, 5.74) is 8.90. The van der Waals surface area contributed by atoms with Crippen LogP contribution in [-0.2, 0) is 0 Å². The molecule has 2 heterocycles. The molecular weight excluding hydrogens is 260 g/mol. The van der Waals surface area contributed by atoms with Gasteiger partial charge in [0.1, 0.15) is 17.2 Å². The number of nitrogens with zero attached hydrogens (tertiary/aromatic N) is 2. The van der Waals surface area contributed by atoms with Gasteiger partial charge in [0.15, 0.2) is 0 Å². The van der Waals surface area contributed by atoms with Gasteiger partial charge in [0.25, 0.3) is 6.43 Å². The maximum Gasteiger partial charge on any atom is 0.263 e. The zero-order valence-corrected chi connectivity index (χ0v) is 10.8. The third-order valence-corrected chi connectivity index (χ3v) is 3.29. The van der Waals surface area contributed by atoms with E-state index in [0.29, 0.717) is 17.1 Å². The SMILES string of the molecule is Cc1cccn2c(N)c(-c3cccc(C(F)F)c3)nc12. The lowest BCUT2D eigenvalue weighted by Gasteiger charge is -2.03. The lowest BCUT2D eigenvalue weighted by molar-refractivity contribution is 0.151. The lowest BCUT2D eigenvalue weighted by Crippen LogP contribution is -1.94. The van der Waals surface area contributed by atoms with Crippen molar-refractivity contribution >= 4 is 11.5 Å². The number of hydrogen-bond donors (Lipinski definition) is 1. The Kier molecular flexibility index (Phi) is 2.89. The fourth-order valence-electron chi connectivity index (χ4n) is 2.26. The predicted molar refractivity (Wildman–Crippen MR) is 74.7 cm³/mol. The molecule has 0 aliphatic heterocycles. The summed E-state index contributed by atoms with van der Waals surface area (Å²) in [5.74, 6) is 0.454. The zero-order chi connectivity index (χ0) is 14.3. The van der Waals surface area contributed by atoms with Crippen LogP contribution in [0.15, 0.2) is 42.6 Å². The number of alkyl halides is 2. The molecule has 0 saturated heterocycles. The van der Waals surface area contributed by atoms with Crippen LogP contribution in [0.1, 0.15) is 17.6 Å². The Morgan fingerprint density at radius 3 is 2.70 bits per heavy atom. The van der Waals surface area contributed by atoms with Gasteiger partial charge in [0, 0.05) is 17.3 Å². The molecular formula is C15H13F2N3. The minimum Gasteiger partial charge on any atom is -0.383 e. The van der Waals surface area contributed by atoms with Gasteiger partial charge in [-0.1, -0.05) is 24.3 Å². The first kappa shape index (κ1) is 12.6. The van der Waals surface area contributed by atoms with Crippen LogP contribution in [-0.4, -0.2) is 9.38 Å². The van der Waals surface area contributed by atoms with Crippen LogP contribution in [0.3, 0.4) is 0 Å². The third kappa shape index (κ3) is 1.91. The van der Waals surface area contributed by atoms with Gasteiger partial charge in [-0.3, -0.25) is 4.40 Å². The minimum absolute atomic E-state index is 0.0318. The number of benzene rings is 1. The summed E-state index contributed by atoms with van der Waals surface area (Å²) in [6, 6.07) is 9.96. The molecule has 0 amide bonds. The Morgan fingerprint density at radius 2 is 2.00 bits per heavy atom. The number of aryl methyl sites for hydroxylation is 1. The number of anilines is 1. The number of pyridine rings is 1. The molecule has 20 heavy (non-hydrogen) atoms. The van der Waals surface area contributed by atoms with Crippen molar-refractivity contribution in [2.24, 2.45) is 0 Å². The van der Waals surface area contributed by atoms with Crippen molar-refractivity contribution in [2.75, 3.05) is 5.73 Å². The molecule has 0 saturated carbocycles. The van der Waals surface area contributed by atoms with Crippen molar-refractivity contribution in [3.8, 4) is 11.3 Å². The van der Waals surface area contributed by atoms with E-state index in [1.165, 1.54) is 12.1 Å². The molecule has 5 heteroatoms. The summed E-state index contributed by atoms with van der Waals surface area (Å²) >= 11 is 0. The number of aromatic nitrogens is 2. The highest BCUT2D eigenvalue weighted by atomic mass is 19.3. The number of rotatable bonds is 2. The second-order valence-corrected chi connectivity index (χ2v) is 4.66. The van der Waals surface area contributed by atoms with Gasteiger partial charge >= 0.3 is 0 Å². The van der Waals surface area contributed by atoms with Gasteiger partial charge in [0.05, 0.1) is 0 Å². The van der Waals surface area contributed by atoms with Crippen molar-refractivity contribution in [1.29, 1.82) is 0 Å². The van der Waals surface area contributed by atoms with Crippen molar-refractivity contribution in [3.63, 3.8) is 0 Å². The van der Waals surface area contributed by atoms with Crippen molar-refractivity contribution in [2.45, 2.75) is 13.3 Å². The maximum absolute atomic E-state index is 12.8. The highest BCUT2D eigenvalue weighted by Gasteiger charge is 2.14. The standard InChI is InChI=1S/C15H13F2N3/c1-9-4-3-7-20-14(18)12(19-15(9)20)10-5-2-6-11(8-10)13(16)17/h2-8,13H,18H2,1H3. The Balaban J connectivity index is 2.22. The monoisotopic (exact) mass is 273 g/mol. The number of hydrogen-bond acceptors (Lipinski definition) is 2. The first-order valence-electron chi connectivity index (χ1n) is 6.19. The number of halogens is 2. The van der Waals surface area contributed by atoms with Crippen LogP contribution in [0.4, 0.5) is 14.6 Å². The van der Waals surface area contributed by atoms with E-state index in [1.54, 1.807) is 16.5 Å². The molecule has 0 radical (unpaired) electrons. The minimum atomic E-state index is -2.50. The molecule has 0 bridgehead atoms. The Bertz CT molecular complexity index is 778. The summed E-state index contributed by atoms with van der Waals surface area (Å²) in [5, 5.41) is 0. The largest absolute Gasteiger partial charge is 0.383 e. The highest BCUT2D eigenvalue weighted by molar-refractivity contribution is 5.76. The van der Waals surface area contributed by atoms with Gasteiger partial charge in [0.2, 0.25) is 0 Å². The van der Waals surface area contributed by atoms with E-state index in [1.807, 2.05) is 25.3 Å². The zero-order valence-electron chi connectivity index (χ0n) is 10.8. The molecule has 0 unspecified atom stereocenters. The number of imidazole rings is 1. The summed E-state index contributed by atoms with van der Waals surface area (Å²) in [7, 11) is 0. The maximum atomic E-state index is 12.8. The van der Waals surface area contributed by atoms with Crippen molar-refractivity contribution in [3.05, 3.63) is 53.7 Å². The second kappa shape index (κ2) is 4.59. The summed E-state index contributed by atoms with van der Waals surface area (Å²) in [6.45, 7) is 1.93. The summed E-state index contributed by atoms with van der Waals surface area (Å²) in [6.07, 6.45) is -0.694. The summed E-state index contributed by atoms with van der Waals surface area (Å²) in [4.78, 5) is 4.48. The molecule has 1 aromatic carbocycles. The number of nitrogen functional groups attached to an aromatic ring is 1. The third-order valence-electron chi connectivity index (χ3n) is 3.29. The lowest BCUT2D eigenvalue weighted by atomic mass is 10.1. The normalized spacial score (nSPS) is 11.4. The second-order valence-electron chi connectivity index (χ2n) is 4.66. The first-order valence-corrected chi connectivity index (χ1v) is 6.19. The molecule has 3 aromatic rings. The van der Waals surface area contributed by atoms with Crippen LogP contribution in [0, 0.1) is 6.92 Å². The Morgan fingerprint density at radius 1 is 1.20 bits per heavy atom. The number of nitrogens with two attached hydrogens (primary N) is 1. The Labute approximate surface area is 114 Å². The fourth-order valence-corrected chi connectivity index (χ4v) is 2.26. The van der Waals surface area contributed by atoms with E-state index < -0.39 is 6.43 Å². The van der Waals surface area contributed by atoms with Crippen LogP contribution in [0.5, 0.6) is 0 Å². The van der Waals surface area contributed by atoms with E-state index >= 15 is 0 Å². The van der Waals surface area contributed by atoms with Crippen molar-refractivity contribution < 1.29 is 8.78 Å². The van der Waals surface area contributed by atoms with E-state index in [2.05, 4.69) is 4.98 Å². The average molecular weight is 273 g/mol. The molecule has 2 N–H and O–H groups in total. The molecule has 2 aromatic heterocycles. The van der Waals surface area contributed by atoms with Gasteiger partial charge < -0.3 is 5.73 Å². The molecule has 0 aliphatic rings. The predicted octanol–water partition coefficient (Wildman–Crippen LogP) is 3.83. The summed E-state index contributed by atoms with van der Waals surface area (Å²) < 4.78 is 27.3. The highest BCUT2D eigenvalue weighted by Crippen LogP contribution is 2.30. The Hall–Kier alpha value is -2.43. The molecule has 102 valence electrons. The number of fused-ring (bicyclic) bond motifs is 1. The quantitative estimate of drug-likeness (QED) is 0.771. The average Bonchev–Trinajstić information content (AvgIpc) is 2.78. The fraction of sp³-hybridized carbons (Fsp3) is 0.133. The molecule has 0 spiro atoms. The van der Waals surface area contributed by atoms with E-state index in [9.17, 15) is 8.78 Å². The van der Waals surface area contributed by atoms with Crippen LogP contribution >= 0.6 is 0 Å². The van der Waals surface area contributed by atoms with Gasteiger partial charge in [-0.25, -0.2) is 13.8 Å². The molecule has 0 fully saturated rings. The van der Waals surface area contributed by atoms with Gasteiger partial charge in [-0.15, -0.1) is 0 Å². The van der Waals surface area contributed by atoms with Gasteiger partial charge in [-0.05, 0) is 24.6 Å². The van der Waals surface area contributed by atoms with Crippen LogP contribution in [0.25, 0.3) is 16.9 Å². The molecule has 3 nitrogen and oxygen atoms in total. The smallest absolute Gasteiger partial charge is 0.263 e. The van der Waals surface area contributed by atoms with E-state index in [0.717, 1.165) is 11.2 Å². The first-order chi connectivity index (χ1) is 9.58. The molecule has 0 aliphatic carbocycles. The van der Waals surface area contributed by atoms with E-state index in [4.69, 9.17) is 5.73 Å². The van der Waals surface area contributed by atoms with E-state index in [-0.39, 0.29) is 5.56 Å². The van der Waals surface area contributed by atoms with Crippen LogP contribution < -0.4 is 5.73 Å². The topological polar surface area (TPSA) is 43.3 Å². The van der Waals surface area contributed by atoms with Crippen LogP contribution in [0.2, 0.25) is 0 Å².